The Morgan fingerprint density at radius 1 is 1.21 bits per heavy atom. The molecule has 156 valence electrons. The summed E-state index contributed by atoms with van der Waals surface area (Å²) in [6.45, 7) is 3.99. The van der Waals surface area contributed by atoms with Crippen molar-refractivity contribution in [2.24, 2.45) is 0 Å². The van der Waals surface area contributed by atoms with Crippen LogP contribution in [0, 0.1) is 6.92 Å². The van der Waals surface area contributed by atoms with Crippen molar-refractivity contribution in [3.05, 3.63) is 53.3 Å². The number of halogens is 3. The Kier molecular flexibility index (Phi) is 7.95. The summed E-state index contributed by atoms with van der Waals surface area (Å²) in [5.41, 5.74) is 0.215. The maximum absolute atomic E-state index is 13.4. The summed E-state index contributed by atoms with van der Waals surface area (Å²) in [7, 11) is 0. The average molecular weight is 425 g/mol. The molecule has 2 rings (SSSR count). The van der Waals surface area contributed by atoms with Gasteiger partial charge in [-0.25, -0.2) is 0 Å². The van der Waals surface area contributed by atoms with E-state index in [9.17, 15) is 18.0 Å². The molecular formula is C20H22F3N3O2S. The molecule has 0 unspecified atom stereocenters. The van der Waals surface area contributed by atoms with Crippen molar-refractivity contribution >= 4 is 28.9 Å². The van der Waals surface area contributed by atoms with E-state index in [0.717, 1.165) is 24.6 Å². The van der Waals surface area contributed by atoms with Crippen LogP contribution in [-0.4, -0.2) is 22.6 Å². The van der Waals surface area contributed by atoms with E-state index in [4.69, 9.17) is 17.0 Å². The third-order valence-corrected chi connectivity index (χ3v) is 4.15. The van der Waals surface area contributed by atoms with E-state index >= 15 is 0 Å². The summed E-state index contributed by atoms with van der Waals surface area (Å²) >= 11 is 5.03. The Bertz CT molecular complexity index is 855. The number of hydrogen-bond acceptors (Lipinski definition) is 4. The van der Waals surface area contributed by atoms with E-state index in [-0.39, 0.29) is 28.7 Å². The Labute approximate surface area is 172 Å². The number of unbranched alkanes of at least 4 members (excludes halogenated alkanes) is 2. The van der Waals surface area contributed by atoms with Crippen molar-refractivity contribution in [3.63, 3.8) is 0 Å². The molecule has 1 amide bonds. The van der Waals surface area contributed by atoms with Crippen LogP contribution in [0.4, 0.5) is 18.9 Å². The van der Waals surface area contributed by atoms with Crippen LogP contribution in [0.25, 0.3) is 0 Å². The van der Waals surface area contributed by atoms with Gasteiger partial charge in [-0.1, -0.05) is 19.8 Å². The molecule has 0 aliphatic carbocycles. The van der Waals surface area contributed by atoms with Crippen LogP contribution < -0.4 is 15.4 Å². The number of aryl methyl sites for hydroxylation is 1. The lowest BCUT2D eigenvalue weighted by Crippen LogP contribution is -2.34. The van der Waals surface area contributed by atoms with Gasteiger partial charge in [-0.3, -0.25) is 15.1 Å². The number of carbonyl (C=O) groups is 1. The zero-order valence-electron chi connectivity index (χ0n) is 16.1. The third-order valence-electron chi connectivity index (χ3n) is 3.95. The van der Waals surface area contributed by atoms with Gasteiger partial charge < -0.3 is 10.1 Å². The monoisotopic (exact) mass is 425 g/mol. The molecule has 5 nitrogen and oxygen atoms in total. The third kappa shape index (κ3) is 7.01. The molecular weight excluding hydrogens is 403 g/mol. The van der Waals surface area contributed by atoms with Crippen LogP contribution in [0.2, 0.25) is 0 Å². The fourth-order valence-electron chi connectivity index (χ4n) is 2.43. The van der Waals surface area contributed by atoms with Crippen LogP contribution in [-0.2, 0) is 6.18 Å². The molecule has 2 N–H and O–H groups in total. The zero-order valence-corrected chi connectivity index (χ0v) is 16.9. The molecule has 1 aromatic carbocycles. The van der Waals surface area contributed by atoms with Crippen LogP contribution in [0.1, 0.15) is 47.8 Å². The highest BCUT2D eigenvalue weighted by atomic mass is 32.1. The number of thiocarbonyl (C=S) groups is 1. The van der Waals surface area contributed by atoms with Crippen molar-refractivity contribution in [1.29, 1.82) is 0 Å². The molecule has 29 heavy (non-hydrogen) atoms. The van der Waals surface area contributed by atoms with Crippen molar-refractivity contribution in [2.75, 3.05) is 11.9 Å². The van der Waals surface area contributed by atoms with Crippen molar-refractivity contribution < 1.29 is 22.7 Å². The zero-order chi connectivity index (χ0) is 21.4. The van der Waals surface area contributed by atoms with Crippen molar-refractivity contribution in [3.8, 4) is 5.75 Å². The van der Waals surface area contributed by atoms with Gasteiger partial charge in [0, 0.05) is 17.6 Å². The van der Waals surface area contributed by atoms with E-state index in [1.54, 1.807) is 19.1 Å². The maximum atomic E-state index is 13.4. The molecule has 0 aliphatic heterocycles. The smallest absolute Gasteiger partial charge is 0.420 e. The Balaban J connectivity index is 2.06. The molecule has 0 bridgehead atoms. The van der Waals surface area contributed by atoms with Gasteiger partial charge in [0.15, 0.2) is 5.11 Å². The standard InChI is InChI=1S/C20H22F3N3O2S/c1-3-4-5-10-28-17-9-8-15(11-16(17)20(21,22)23)25-19(29)26-18(27)14-7-6-13(2)24-12-14/h6-9,11-12H,3-5,10H2,1-2H3,(H2,25,26,27,29). The molecule has 0 atom stereocenters. The molecule has 1 heterocycles. The molecule has 0 spiro atoms. The van der Waals surface area contributed by atoms with Gasteiger partial charge in [0.1, 0.15) is 5.75 Å². The van der Waals surface area contributed by atoms with Gasteiger partial charge in [0.2, 0.25) is 0 Å². The average Bonchev–Trinajstić information content (AvgIpc) is 2.65. The first-order valence-electron chi connectivity index (χ1n) is 9.09. The van der Waals surface area contributed by atoms with E-state index in [2.05, 4.69) is 15.6 Å². The number of alkyl halides is 3. The number of hydrogen-bond donors (Lipinski definition) is 2. The van der Waals surface area contributed by atoms with Crippen molar-refractivity contribution in [2.45, 2.75) is 39.3 Å². The summed E-state index contributed by atoms with van der Waals surface area (Å²) in [4.78, 5) is 16.1. The quantitative estimate of drug-likeness (QED) is 0.477. The highest BCUT2D eigenvalue weighted by Gasteiger charge is 2.34. The minimum absolute atomic E-state index is 0.0885. The SMILES string of the molecule is CCCCCOc1ccc(NC(=S)NC(=O)c2ccc(C)nc2)cc1C(F)(F)F. The van der Waals surface area contributed by atoms with Crippen LogP contribution in [0.15, 0.2) is 36.5 Å². The fraction of sp³-hybridized carbons (Fsp3) is 0.350. The minimum atomic E-state index is -4.59. The summed E-state index contributed by atoms with van der Waals surface area (Å²) in [6, 6.07) is 6.80. The molecule has 0 saturated carbocycles. The number of pyridine rings is 1. The number of aromatic nitrogens is 1. The minimum Gasteiger partial charge on any atom is -0.493 e. The van der Waals surface area contributed by atoms with Gasteiger partial charge in [-0.15, -0.1) is 0 Å². The second-order valence-electron chi connectivity index (χ2n) is 6.36. The van der Waals surface area contributed by atoms with E-state index in [0.29, 0.717) is 6.42 Å². The van der Waals surface area contributed by atoms with Crippen molar-refractivity contribution in [1.82, 2.24) is 10.3 Å². The second-order valence-corrected chi connectivity index (χ2v) is 6.77. The molecule has 0 aliphatic rings. The van der Waals surface area contributed by atoms with E-state index in [1.807, 2.05) is 6.92 Å². The summed E-state index contributed by atoms with van der Waals surface area (Å²) in [5.74, 6) is -0.748. The van der Waals surface area contributed by atoms with E-state index in [1.165, 1.54) is 18.3 Å². The van der Waals surface area contributed by atoms with E-state index < -0.39 is 17.6 Å². The van der Waals surface area contributed by atoms with Crippen LogP contribution in [0.5, 0.6) is 5.75 Å². The summed E-state index contributed by atoms with van der Waals surface area (Å²) in [6.07, 6.45) is -0.695. The largest absolute Gasteiger partial charge is 0.493 e. The lowest BCUT2D eigenvalue weighted by atomic mass is 10.1. The molecule has 9 heteroatoms. The van der Waals surface area contributed by atoms with Gasteiger partial charge in [-0.05, 0) is 55.9 Å². The molecule has 1 aromatic heterocycles. The molecule has 0 fully saturated rings. The molecule has 2 aromatic rings. The summed E-state index contributed by atoms with van der Waals surface area (Å²) in [5, 5.41) is 4.88. The van der Waals surface area contributed by atoms with Crippen LogP contribution in [0.3, 0.4) is 0 Å². The number of amides is 1. The molecule has 0 radical (unpaired) electrons. The number of benzene rings is 1. The first kappa shape index (κ1) is 22.6. The first-order valence-corrected chi connectivity index (χ1v) is 9.50. The lowest BCUT2D eigenvalue weighted by Gasteiger charge is -2.16. The number of ether oxygens (including phenoxy) is 1. The summed E-state index contributed by atoms with van der Waals surface area (Å²) < 4.78 is 45.5. The number of nitrogens with one attached hydrogen (secondary N) is 2. The molecule has 0 saturated heterocycles. The second kappa shape index (κ2) is 10.2. The Morgan fingerprint density at radius 3 is 2.59 bits per heavy atom. The Morgan fingerprint density at radius 2 is 1.97 bits per heavy atom. The van der Waals surface area contributed by atoms with Gasteiger partial charge in [-0.2, -0.15) is 13.2 Å². The van der Waals surface area contributed by atoms with Gasteiger partial charge >= 0.3 is 6.18 Å². The normalized spacial score (nSPS) is 11.1. The maximum Gasteiger partial charge on any atom is 0.420 e. The predicted molar refractivity (Wildman–Crippen MR) is 109 cm³/mol. The topological polar surface area (TPSA) is 63.2 Å². The highest BCUT2D eigenvalue weighted by molar-refractivity contribution is 7.80. The Hall–Kier alpha value is -2.68. The predicted octanol–water partition coefficient (Wildman–Crippen LogP) is 5.10. The lowest BCUT2D eigenvalue weighted by molar-refractivity contribution is -0.138. The number of nitrogens with zero attached hydrogens (tertiary/aromatic N) is 1. The fourth-order valence-corrected chi connectivity index (χ4v) is 2.64. The van der Waals surface area contributed by atoms with Gasteiger partial charge in [0.05, 0.1) is 17.7 Å². The number of anilines is 1. The van der Waals surface area contributed by atoms with Crippen LogP contribution >= 0.6 is 12.2 Å². The highest BCUT2D eigenvalue weighted by Crippen LogP contribution is 2.38. The number of carbonyl (C=O) groups excluding carboxylic acids is 1. The van der Waals surface area contributed by atoms with Gasteiger partial charge in [0.25, 0.3) is 5.91 Å². The first-order chi connectivity index (χ1) is 13.7. The number of rotatable bonds is 7.